The van der Waals surface area contributed by atoms with E-state index in [-0.39, 0.29) is 5.97 Å². The maximum atomic E-state index is 12.0. The van der Waals surface area contributed by atoms with E-state index in [2.05, 4.69) is 5.32 Å². The minimum atomic E-state index is -0.219. The van der Waals surface area contributed by atoms with E-state index in [9.17, 15) is 4.79 Å². The van der Waals surface area contributed by atoms with E-state index in [0.29, 0.717) is 11.5 Å². The molecule has 2 aromatic rings. The summed E-state index contributed by atoms with van der Waals surface area (Å²) in [5, 5.41) is 3.31. The molecule has 19 heavy (non-hydrogen) atoms. The summed E-state index contributed by atoms with van der Waals surface area (Å²) in [6, 6.07) is 11.7. The molecule has 0 bridgehead atoms. The van der Waals surface area contributed by atoms with Crippen molar-refractivity contribution in [1.82, 2.24) is 5.32 Å². The summed E-state index contributed by atoms with van der Waals surface area (Å²) >= 11 is 1.56. The van der Waals surface area contributed by atoms with Crippen LogP contribution in [-0.2, 0) is 24.3 Å². The van der Waals surface area contributed by atoms with E-state index >= 15 is 0 Å². The van der Waals surface area contributed by atoms with Gasteiger partial charge in [-0.05, 0) is 23.6 Å². The van der Waals surface area contributed by atoms with Crippen LogP contribution in [0.3, 0.4) is 0 Å². The smallest absolute Gasteiger partial charge is 0.348 e. The van der Waals surface area contributed by atoms with Gasteiger partial charge in [0.25, 0.3) is 0 Å². The first-order chi connectivity index (χ1) is 9.33. The van der Waals surface area contributed by atoms with Crippen molar-refractivity contribution in [3.8, 4) is 0 Å². The molecule has 0 unspecified atom stereocenters. The molecule has 0 amide bonds. The van der Waals surface area contributed by atoms with Gasteiger partial charge in [0.15, 0.2) is 0 Å². The number of thiophene rings is 1. The number of hydrogen-bond acceptors (Lipinski definition) is 4. The highest BCUT2D eigenvalue weighted by atomic mass is 32.1. The molecule has 0 atom stereocenters. The first kappa shape index (κ1) is 12.4. The van der Waals surface area contributed by atoms with E-state index in [1.165, 1.54) is 10.4 Å². The van der Waals surface area contributed by atoms with Crippen LogP contribution in [0.4, 0.5) is 0 Å². The highest BCUT2D eigenvalue weighted by molar-refractivity contribution is 7.14. The number of carbonyl (C=O) groups is 1. The third kappa shape index (κ3) is 2.85. The lowest BCUT2D eigenvalue weighted by Gasteiger charge is -2.10. The summed E-state index contributed by atoms with van der Waals surface area (Å²) in [7, 11) is 0. The molecule has 0 aliphatic carbocycles. The molecule has 1 aromatic heterocycles. The molecule has 0 radical (unpaired) electrons. The summed E-state index contributed by atoms with van der Waals surface area (Å²) in [4.78, 5) is 14.0. The first-order valence-corrected chi connectivity index (χ1v) is 7.18. The molecule has 3 rings (SSSR count). The Morgan fingerprint density at radius 3 is 2.95 bits per heavy atom. The summed E-state index contributed by atoms with van der Waals surface area (Å²) in [6.45, 7) is 2.18. The van der Waals surface area contributed by atoms with Crippen LogP contribution in [0.2, 0.25) is 0 Å². The molecule has 0 fully saturated rings. The van der Waals surface area contributed by atoms with Gasteiger partial charge in [0, 0.05) is 18.0 Å². The number of ether oxygens (including phenoxy) is 1. The molecular formula is C15H15NO2S. The zero-order valence-electron chi connectivity index (χ0n) is 10.5. The highest BCUT2D eigenvalue weighted by Crippen LogP contribution is 2.26. The van der Waals surface area contributed by atoms with Gasteiger partial charge in [0.1, 0.15) is 11.5 Å². The van der Waals surface area contributed by atoms with Crippen LogP contribution in [0.25, 0.3) is 0 Å². The van der Waals surface area contributed by atoms with E-state index in [1.807, 2.05) is 36.4 Å². The minimum absolute atomic E-state index is 0.219. The van der Waals surface area contributed by atoms with Gasteiger partial charge in [-0.3, -0.25) is 0 Å². The third-order valence-electron chi connectivity index (χ3n) is 3.15. The van der Waals surface area contributed by atoms with Crippen LogP contribution in [0.1, 0.15) is 25.7 Å². The number of benzene rings is 1. The molecule has 2 heterocycles. The standard InChI is InChI=1S/C15H15NO2S/c17-15(18-10-11-4-2-1-3-5-11)14-8-12-9-16-7-6-13(12)19-14/h1-5,8,16H,6-7,9-10H2. The number of rotatable bonds is 3. The fourth-order valence-electron chi connectivity index (χ4n) is 2.15. The largest absolute Gasteiger partial charge is 0.457 e. The van der Waals surface area contributed by atoms with Crippen LogP contribution < -0.4 is 5.32 Å². The Hall–Kier alpha value is -1.65. The molecule has 98 valence electrons. The van der Waals surface area contributed by atoms with Crippen molar-refractivity contribution in [3.05, 3.63) is 57.3 Å². The van der Waals surface area contributed by atoms with Gasteiger partial charge in [-0.15, -0.1) is 11.3 Å². The predicted molar refractivity (Wildman–Crippen MR) is 75.3 cm³/mol. The van der Waals surface area contributed by atoms with E-state index in [1.54, 1.807) is 11.3 Å². The lowest BCUT2D eigenvalue weighted by molar-refractivity contribution is 0.0478. The van der Waals surface area contributed by atoms with Gasteiger partial charge in [-0.2, -0.15) is 0 Å². The Balaban J connectivity index is 1.65. The van der Waals surface area contributed by atoms with Gasteiger partial charge >= 0.3 is 5.97 Å². The first-order valence-electron chi connectivity index (χ1n) is 6.36. The van der Waals surface area contributed by atoms with E-state index < -0.39 is 0 Å². The van der Waals surface area contributed by atoms with Gasteiger partial charge in [0.05, 0.1) is 0 Å². The van der Waals surface area contributed by atoms with Gasteiger partial charge in [-0.1, -0.05) is 30.3 Å². The Bertz CT molecular complexity index is 554. The number of nitrogens with one attached hydrogen (secondary N) is 1. The van der Waals surface area contributed by atoms with Crippen molar-refractivity contribution in [2.75, 3.05) is 6.54 Å². The maximum absolute atomic E-state index is 12.0. The number of carbonyl (C=O) groups excluding carboxylic acids is 1. The predicted octanol–water partition coefficient (Wildman–Crippen LogP) is 2.75. The highest BCUT2D eigenvalue weighted by Gasteiger charge is 2.17. The van der Waals surface area contributed by atoms with Crippen molar-refractivity contribution < 1.29 is 9.53 Å². The second-order valence-corrected chi connectivity index (χ2v) is 5.68. The van der Waals surface area contributed by atoms with Crippen molar-refractivity contribution in [2.24, 2.45) is 0 Å². The molecule has 0 spiro atoms. The summed E-state index contributed by atoms with van der Waals surface area (Å²) in [5.41, 5.74) is 2.25. The van der Waals surface area contributed by atoms with Crippen molar-refractivity contribution in [2.45, 2.75) is 19.6 Å². The number of fused-ring (bicyclic) bond motifs is 1. The summed E-state index contributed by atoms with van der Waals surface area (Å²) in [6.07, 6.45) is 1.01. The van der Waals surface area contributed by atoms with Gasteiger partial charge in [-0.25, -0.2) is 4.79 Å². The molecule has 1 aliphatic rings. The molecule has 4 heteroatoms. The Morgan fingerprint density at radius 1 is 1.32 bits per heavy atom. The monoisotopic (exact) mass is 273 g/mol. The zero-order valence-corrected chi connectivity index (χ0v) is 11.3. The zero-order chi connectivity index (χ0) is 13.1. The van der Waals surface area contributed by atoms with Crippen LogP contribution >= 0.6 is 11.3 Å². The van der Waals surface area contributed by atoms with Crippen LogP contribution in [0, 0.1) is 0 Å². The van der Waals surface area contributed by atoms with Crippen molar-refractivity contribution in [1.29, 1.82) is 0 Å². The molecule has 3 nitrogen and oxygen atoms in total. The van der Waals surface area contributed by atoms with Crippen LogP contribution in [0.5, 0.6) is 0 Å². The third-order valence-corrected chi connectivity index (χ3v) is 4.37. The average Bonchev–Trinajstić information content (AvgIpc) is 2.90. The van der Waals surface area contributed by atoms with Crippen LogP contribution in [-0.4, -0.2) is 12.5 Å². The van der Waals surface area contributed by atoms with E-state index in [0.717, 1.165) is 25.1 Å². The van der Waals surface area contributed by atoms with Crippen LogP contribution in [0.15, 0.2) is 36.4 Å². The Labute approximate surface area is 116 Å². The topological polar surface area (TPSA) is 38.3 Å². The fourth-order valence-corrected chi connectivity index (χ4v) is 3.22. The van der Waals surface area contributed by atoms with E-state index in [4.69, 9.17) is 4.74 Å². The fraction of sp³-hybridized carbons (Fsp3) is 0.267. The molecular weight excluding hydrogens is 258 g/mol. The molecule has 1 aliphatic heterocycles. The lowest BCUT2D eigenvalue weighted by Crippen LogP contribution is -2.21. The van der Waals surface area contributed by atoms with Gasteiger partial charge in [0.2, 0.25) is 0 Å². The SMILES string of the molecule is O=C(OCc1ccccc1)c1cc2c(s1)CCNC2. The Morgan fingerprint density at radius 2 is 2.16 bits per heavy atom. The summed E-state index contributed by atoms with van der Waals surface area (Å²) < 4.78 is 5.34. The quantitative estimate of drug-likeness (QED) is 0.874. The average molecular weight is 273 g/mol. The number of hydrogen-bond donors (Lipinski definition) is 1. The molecule has 0 saturated heterocycles. The molecule has 1 N–H and O–H groups in total. The summed E-state index contributed by atoms with van der Waals surface area (Å²) in [5.74, 6) is -0.219. The van der Waals surface area contributed by atoms with Crippen molar-refractivity contribution >= 4 is 17.3 Å². The maximum Gasteiger partial charge on any atom is 0.348 e. The second-order valence-electron chi connectivity index (χ2n) is 4.55. The molecule has 0 saturated carbocycles. The second kappa shape index (κ2) is 5.55. The van der Waals surface area contributed by atoms with Gasteiger partial charge < -0.3 is 10.1 Å². The Kier molecular flexibility index (Phi) is 3.62. The normalized spacial score (nSPS) is 13.9. The minimum Gasteiger partial charge on any atom is -0.457 e. The lowest BCUT2D eigenvalue weighted by atomic mass is 10.1. The molecule has 1 aromatic carbocycles. The number of esters is 1. The van der Waals surface area contributed by atoms with Crippen molar-refractivity contribution in [3.63, 3.8) is 0 Å².